The molecule has 1 N–H and O–H groups in total. The summed E-state index contributed by atoms with van der Waals surface area (Å²) in [4.78, 5) is 23.5. The number of ether oxygens (including phenoxy) is 1. The van der Waals surface area contributed by atoms with Crippen molar-refractivity contribution < 1.29 is 23.2 Å². The zero-order chi connectivity index (χ0) is 16.9. The number of carbonyl (C=O) groups excluding carboxylic acids is 2. The van der Waals surface area contributed by atoms with Crippen LogP contribution in [0.3, 0.4) is 0 Å². The number of carbonyl (C=O) groups is 2. The van der Waals surface area contributed by atoms with Crippen LogP contribution >= 0.6 is 0 Å². The molecule has 0 bridgehead atoms. The second-order valence-electron chi connectivity index (χ2n) is 5.02. The molecule has 1 amide bonds. The highest BCUT2D eigenvalue weighted by molar-refractivity contribution is 5.93. The SMILES string of the molecule is O=C(COC(=O)Cc1noc2ccccc12)Nc1cccc(F)c1. The van der Waals surface area contributed by atoms with Crippen molar-refractivity contribution in [2.75, 3.05) is 11.9 Å². The third kappa shape index (κ3) is 3.75. The summed E-state index contributed by atoms with van der Waals surface area (Å²) in [6.45, 7) is -0.467. The number of amides is 1. The van der Waals surface area contributed by atoms with Crippen molar-refractivity contribution in [1.29, 1.82) is 0 Å². The zero-order valence-corrected chi connectivity index (χ0v) is 12.5. The molecular weight excluding hydrogens is 315 g/mol. The number of fused-ring (bicyclic) bond motifs is 1. The van der Waals surface area contributed by atoms with Crippen LogP contribution in [0, 0.1) is 5.82 Å². The van der Waals surface area contributed by atoms with E-state index in [1.807, 2.05) is 0 Å². The number of nitrogens with zero attached hydrogens (tertiary/aromatic N) is 1. The minimum absolute atomic E-state index is 0.107. The lowest BCUT2D eigenvalue weighted by Gasteiger charge is -2.06. The molecule has 3 aromatic rings. The molecule has 24 heavy (non-hydrogen) atoms. The third-order valence-electron chi connectivity index (χ3n) is 3.24. The second kappa shape index (κ2) is 6.91. The van der Waals surface area contributed by atoms with Crippen LogP contribution in [0.2, 0.25) is 0 Å². The fraction of sp³-hybridized carbons (Fsp3) is 0.118. The molecule has 0 unspecified atom stereocenters. The van der Waals surface area contributed by atoms with Crippen molar-refractivity contribution in [2.24, 2.45) is 0 Å². The van der Waals surface area contributed by atoms with Gasteiger partial charge in [-0.1, -0.05) is 23.4 Å². The Kier molecular flexibility index (Phi) is 4.51. The first-order valence-electron chi connectivity index (χ1n) is 7.16. The van der Waals surface area contributed by atoms with Crippen LogP contribution in [0.15, 0.2) is 53.1 Å². The van der Waals surface area contributed by atoms with Crippen LogP contribution in [-0.2, 0) is 20.7 Å². The van der Waals surface area contributed by atoms with Crippen molar-refractivity contribution >= 4 is 28.5 Å². The summed E-state index contributed by atoms with van der Waals surface area (Å²) in [7, 11) is 0. The number of halogens is 1. The summed E-state index contributed by atoms with van der Waals surface area (Å²) in [6.07, 6.45) is -0.107. The average molecular weight is 328 g/mol. The maximum atomic E-state index is 13.0. The normalized spacial score (nSPS) is 10.5. The highest BCUT2D eigenvalue weighted by Crippen LogP contribution is 2.18. The molecule has 1 aromatic heterocycles. The Morgan fingerprint density at radius 3 is 2.83 bits per heavy atom. The van der Waals surface area contributed by atoms with E-state index in [0.29, 0.717) is 17.0 Å². The van der Waals surface area contributed by atoms with Gasteiger partial charge in [0.25, 0.3) is 5.91 Å². The fourth-order valence-corrected chi connectivity index (χ4v) is 2.16. The number of para-hydroxylation sites is 1. The Balaban J connectivity index is 1.53. The standard InChI is InChI=1S/C17H13FN2O4/c18-11-4-3-5-12(8-11)19-16(21)10-23-17(22)9-14-13-6-1-2-7-15(13)24-20-14/h1-8H,9-10H2,(H,19,21). The predicted molar refractivity (Wildman–Crippen MR) is 83.7 cm³/mol. The molecule has 0 radical (unpaired) electrons. The fourth-order valence-electron chi connectivity index (χ4n) is 2.16. The van der Waals surface area contributed by atoms with Gasteiger partial charge >= 0.3 is 5.97 Å². The van der Waals surface area contributed by atoms with E-state index in [0.717, 1.165) is 5.39 Å². The summed E-state index contributed by atoms with van der Waals surface area (Å²) in [6, 6.07) is 12.6. The van der Waals surface area contributed by atoms with E-state index in [1.54, 1.807) is 24.3 Å². The van der Waals surface area contributed by atoms with Gasteiger partial charge in [0.15, 0.2) is 12.2 Å². The van der Waals surface area contributed by atoms with Crippen LogP contribution in [0.4, 0.5) is 10.1 Å². The van der Waals surface area contributed by atoms with Gasteiger partial charge in [0.2, 0.25) is 0 Å². The average Bonchev–Trinajstić information content (AvgIpc) is 2.96. The summed E-state index contributed by atoms with van der Waals surface area (Å²) in [5.74, 6) is -1.63. The number of hydrogen-bond acceptors (Lipinski definition) is 5. The molecule has 0 fully saturated rings. The minimum Gasteiger partial charge on any atom is -0.455 e. The van der Waals surface area contributed by atoms with E-state index in [9.17, 15) is 14.0 Å². The number of rotatable bonds is 5. The van der Waals surface area contributed by atoms with Gasteiger partial charge in [-0.3, -0.25) is 9.59 Å². The monoisotopic (exact) mass is 328 g/mol. The van der Waals surface area contributed by atoms with Crippen LogP contribution < -0.4 is 5.32 Å². The molecule has 0 spiro atoms. The van der Waals surface area contributed by atoms with E-state index in [4.69, 9.17) is 9.26 Å². The lowest BCUT2D eigenvalue weighted by atomic mass is 10.2. The molecule has 2 aromatic carbocycles. The van der Waals surface area contributed by atoms with Crippen LogP contribution in [0.1, 0.15) is 5.69 Å². The zero-order valence-electron chi connectivity index (χ0n) is 12.5. The first kappa shape index (κ1) is 15.7. The van der Waals surface area contributed by atoms with Crippen molar-refractivity contribution in [3.63, 3.8) is 0 Å². The molecule has 7 heteroatoms. The van der Waals surface area contributed by atoms with Crippen LogP contribution in [-0.4, -0.2) is 23.6 Å². The summed E-state index contributed by atoms with van der Waals surface area (Å²) in [5.41, 5.74) is 1.31. The summed E-state index contributed by atoms with van der Waals surface area (Å²) in [5, 5.41) is 6.98. The van der Waals surface area contributed by atoms with Crippen molar-refractivity contribution in [1.82, 2.24) is 5.16 Å². The van der Waals surface area contributed by atoms with Gasteiger partial charge in [0.05, 0.1) is 6.42 Å². The Morgan fingerprint density at radius 2 is 2.00 bits per heavy atom. The van der Waals surface area contributed by atoms with E-state index in [1.165, 1.54) is 24.3 Å². The maximum absolute atomic E-state index is 13.0. The van der Waals surface area contributed by atoms with Gasteiger partial charge in [0, 0.05) is 11.1 Å². The number of esters is 1. The first-order chi connectivity index (χ1) is 11.6. The molecule has 3 rings (SSSR count). The number of hydrogen-bond donors (Lipinski definition) is 1. The molecular formula is C17H13FN2O4. The van der Waals surface area contributed by atoms with Crippen molar-refractivity contribution in [2.45, 2.75) is 6.42 Å². The van der Waals surface area contributed by atoms with Crippen molar-refractivity contribution in [3.8, 4) is 0 Å². The van der Waals surface area contributed by atoms with Crippen LogP contribution in [0.25, 0.3) is 11.0 Å². The molecule has 0 atom stereocenters. The van der Waals surface area contributed by atoms with Crippen molar-refractivity contribution in [3.05, 3.63) is 60.0 Å². The quantitative estimate of drug-likeness (QED) is 0.728. The van der Waals surface area contributed by atoms with Gasteiger partial charge in [-0.25, -0.2) is 4.39 Å². The summed E-state index contributed by atoms with van der Waals surface area (Å²) < 4.78 is 23.0. The van der Waals surface area contributed by atoms with Gasteiger partial charge in [-0.2, -0.15) is 0 Å². The number of benzene rings is 2. The molecule has 1 heterocycles. The molecule has 6 nitrogen and oxygen atoms in total. The Hall–Kier alpha value is -3.22. The first-order valence-corrected chi connectivity index (χ1v) is 7.16. The van der Waals surface area contributed by atoms with E-state index < -0.39 is 24.3 Å². The number of anilines is 1. The Labute approximate surface area is 136 Å². The highest BCUT2D eigenvalue weighted by atomic mass is 19.1. The van der Waals surface area contributed by atoms with E-state index in [2.05, 4.69) is 10.5 Å². The van der Waals surface area contributed by atoms with Gasteiger partial charge in [-0.15, -0.1) is 0 Å². The van der Waals surface area contributed by atoms with E-state index in [-0.39, 0.29) is 6.42 Å². The second-order valence-corrected chi connectivity index (χ2v) is 5.02. The molecule has 0 saturated heterocycles. The molecule has 0 aliphatic heterocycles. The predicted octanol–water partition coefficient (Wildman–Crippen LogP) is 2.69. The Morgan fingerprint density at radius 1 is 1.17 bits per heavy atom. The van der Waals surface area contributed by atoms with Crippen LogP contribution in [0.5, 0.6) is 0 Å². The summed E-state index contributed by atoms with van der Waals surface area (Å²) >= 11 is 0. The number of nitrogens with one attached hydrogen (secondary N) is 1. The van der Waals surface area contributed by atoms with Gasteiger partial charge < -0.3 is 14.6 Å². The highest BCUT2D eigenvalue weighted by Gasteiger charge is 2.14. The molecule has 122 valence electrons. The topological polar surface area (TPSA) is 81.4 Å². The van der Waals surface area contributed by atoms with E-state index >= 15 is 0 Å². The largest absolute Gasteiger partial charge is 0.455 e. The number of aromatic nitrogens is 1. The van der Waals surface area contributed by atoms with Gasteiger partial charge in [-0.05, 0) is 30.3 Å². The smallest absolute Gasteiger partial charge is 0.312 e. The molecule has 0 aliphatic rings. The molecule has 0 saturated carbocycles. The lowest BCUT2D eigenvalue weighted by Crippen LogP contribution is -2.21. The minimum atomic E-state index is -0.608. The third-order valence-corrected chi connectivity index (χ3v) is 3.24. The van der Waals surface area contributed by atoms with Gasteiger partial charge in [0.1, 0.15) is 11.5 Å². The maximum Gasteiger partial charge on any atom is 0.312 e. The lowest BCUT2D eigenvalue weighted by molar-refractivity contribution is -0.146. The molecule has 0 aliphatic carbocycles. The Bertz CT molecular complexity index is 891.